The fourth-order valence-electron chi connectivity index (χ4n) is 5.15. The maximum atomic E-state index is 14.4. The summed E-state index contributed by atoms with van der Waals surface area (Å²) in [6, 6.07) is 9.21. The molecule has 1 aliphatic rings. The first-order valence-electron chi connectivity index (χ1n) is 11.6. The van der Waals surface area contributed by atoms with Gasteiger partial charge in [-0.25, -0.2) is 18.6 Å². The van der Waals surface area contributed by atoms with E-state index in [4.69, 9.17) is 26.1 Å². The highest BCUT2D eigenvalue weighted by atomic mass is 35.5. The van der Waals surface area contributed by atoms with Gasteiger partial charge in [-0.1, -0.05) is 11.6 Å². The van der Waals surface area contributed by atoms with Crippen molar-refractivity contribution in [2.75, 3.05) is 20.8 Å². The van der Waals surface area contributed by atoms with Gasteiger partial charge in [-0.3, -0.25) is 0 Å². The first-order chi connectivity index (χ1) is 16.8. The third kappa shape index (κ3) is 3.98. The van der Waals surface area contributed by atoms with E-state index in [1.807, 2.05) is 29.7 Å². The van der Waals surface area contributed by atoms with Crippen LogP contribution in [0.25, 0.3) is 33.3 Å². The summed E-state index contributed by atoms with van der Waals surface area (Å²) in [5.74, 6) is -2.60. The van der Waals surface area contributed by atoms with Crippen LogP contribution in [0.15, 0.2) is 30.3 Å². The lowest BCUT2D eigenvalue weighted by Gasteiger charge is -2.23. The van der Waals surface area contributed by atoms with Crippen LogP contribution < -0.4 is 0 Å². The number of carbonyl (C=O) groups excluding carboxylic acids is 1. The molecule has 0 spiro atoms. The molecule has 0 aliphatic heterocycles. The molecule has 0 fully saturated rings. The van der Waals surface area contributed by atoms with E-state index in [0.717, 1.165) is 39.8 Å². The van der Waals surface area contributed by atoms with Crippen LogP contribution in [-0.4, -0.2) is 46.8 Å². The van der Waals surface area contributed by atoms with E-state index in [0.29, 0.717) is 30.9 Å². The van der Waals surface area contributed by atoms with Crippen molar-refractivity contribution in [2.24, 2.45) is 0 Å². The average Bonchev–Trinajstić information content (AvgIpc) is 3.34. The number of ether oxygens (including phenoxy) is 2. The second-order valence-electron chi connectivity index (χ2n) is 8.83. The van der Waals surface area contributed by atoms with Crippen molar-refractivity contribution in [2.45, 2.75) is 45.2 Å². The molecule has 2 aromatic heterocycles. The smallest absolute Gasteiger partial charge is 0.339 e. The minimum atomic E-state index is -2.71. The van der Waals surface area contributed by atoms with Gasteiger partial charge in [-0.15, -0.1) is 0 Å². The van der Waals surface area contributed by atoms with Crippen LogP contribution in [0, 0.1) is 0 Å². The zero-order valence-electron chi connectivity index (χ0n) is 19.8. The summed E-state index contributed by atoms with van der Waals surface area (Å²) < 4.78 is 43.0. The Bertz CT molecular complexity index is 1460. The van der Waals surface area contributed by atoms with Crippen molar-refractivity contribution < 1.29 is 23.0 Å². The first-order valence-corrected chi connectivity index (χ1v) is 11.9. The van der Waals surface area contributed by atoms with Crippen LogP contribution in [0.4, 0.5) is 8.78 Å². The van der Waals surface area contributed by atoms with Gasteiger partial charge in [0.05, 0.1) is 35.3 Å². The van der Waals surface area contributed by atoms with Gasteiger partial charge >= 0.3 is 5.97 Å². The summed E-state index contributed by atoms with van der Waals surface area (Å²) in [5, 5.41) is 1.10. The Kier molecular flexibility index (Phi) is 6.05. The summed E-state index contributed by atoms with van der Waals surface area (Å²) in [6.07, 6.45) is -0.0197. The summed E-state index contributed by atoms with van der Waals surface area (Å²) in [5.41, 5.74) is 5.02. The first kappa shape index (κ1) is 23.8. The van der Waals surface area contributed by atoms with E-state index < -0.39 is 11.9 Å². The molecule has 1 aliphatic carbocycles. The molecule has 0 unspecified atom stereocenters. The quantitative estimate of drug-likeness (QED) is 0.309. The molecule has 2 heterocycles. The van der Waals surface area contributed by atoms with Crippen LogP contribution >= 0.6 is 11.6 Å². The number of esters is 1. The second-order valence-corrected chi connectivity index (χ2v) is 9.23. The molecule has 4 aromatic rings. The van der Waals surface area contributed by atoms with Crippen molar-refractivity contribution in [3.8, 4) is 11.4 Å². The largest absolute Gasteiger partial charge is 0.465 e. The van der Waals surface area contributed by atoms with Gasteiger partial charge < -0.3 is 18.6 Å². The third-order valence-electron chi connectivity index (χ3n) is 6.79. The number of hydrogen-bond donors (Lipinski definition) is 0. The van der Waals surface area contributed by atoms with Crippen molar-refractivity contribution in [1.29, 1.82) is 0 Å². The van der Waals surface area contributed by atoms with Gasteiger partial charge in [-0.05, 0) is 49.2 Å². The average molecular weight is 502 g/mol. The van der Waals surface area contributed by atoms with Crippen LogP contribution in [0.3, 0.4) is 0 Å². The van der Waals surface area contributed by atoms with Gasteiger partial charge in [0.15, 0.2) is 0 Å². The zero-order valence-corrected chi connectivity index (χ0v) is 20.6. The van der Waals surface area contributed by atoms with Crippen molar-refractivity contribution in [1.82, 2.24) is 14.1 Å². The van der Waals surface area contributed by atoms with E-state index in [-0.39, 0.29) is 23.4 Å². The van der Waals surface area contributed by atoms with Gasteiger partial charge in [0.2, 0.25) is 0 Å². The molecule has 2 aromatic carbocycles. The lowest BCUT2D eigenvalue weighted by atomic mass is 9.92. The fourth-order valence-corrected chi connectivity index (χ4v) is 5.38. The number of methoxy groups -OCH3 is 2. The highest BCUT2D eigenvalue weighted by Gasteiger charge is 2.37. The van der Waals surface area contributed by atoms with Crippen LogP contribution in [0.2, 0.25) is 5.02 Å². The molecule has 5 rings (SSSR count). The summed E-state index contributed by atoms with van der Waals surface area (Å²) in [6.45, 7) is 3.69. The van der Waals surface area contributed by atoms with Crippen molar-refractivity contribution in [3.05, 3.63) is 52.2 Å². The summed E-state index contributed by atoms with van der Waals surface area (Å²) in [4.78, 5) is 17.0. The predicted octanol–water partition coefficient (Wildman–Crippen LogP) is 5.89. The highest BCUT2D eigenvalue weighted by Crippen LogP contribution is 2.40. The van der Waals surface area contributed by atoms with Crippen LogP contribution in [0.1, 0.15) is 35.0 Å². The molecule has 0 radical (unpaired) electrons. The van der Waals surface area contributed by atoms with Gasteiger partial charge in [0.1, 0.15) is 5.82 Å². The Balaban J connectivity index is 1.72. The molecule has 9 heteroatoms. The number of imidazole rings is 1. The monoisotopic (exact) mass is 501 g/mol. The minimum absolute atomic E-state index is 0.126. The number of alkyl halides is 2. The highest BCUT2D eigenvalue weighted by molar-refractivity contribution is 6.34. The number of benzene rings is 2. The number of hydrogen-bond acceptors (Lipinski definition) is 4. The Morgan fingerprint density at radius 3 is 2.69 bits per heavy atom. The van der Waals surface area contributed by atoms with Crippen molar-refractivity contribution in [3.63, 3.8) is 0 Å². The topological polar surface area (TPSA) is 58.3 Å². The van der Waals surface area contributed by atoms with E-state index in [9.17, 15) is 13.6 Å². The molecule has 0 amide bonds. The van der Waals surface area contributed by atoms with Crippen LogP contribution in [0.5, 0.6) is 0 Å². The Morgan fingerprint density at radius 1 is 1.17 bits per heavy atom. The summed E-state index contributed by atoms with van der Waals surface area (Å²) >= 11 is 6.39. The Labute approximate surface area is 206 Å². The lowest BCUT2D eigenvalue weighted by molar-refractivity contribution is -0.0125. The maximum Gasteiger partial charge on any atom is 0.339 e. The standard InChI is InChI=1S/C26H26ClF2N3O3/c1-4-31-21-6-5-15(11-16(21)18-14-26(28,29)8-7-22(18)31)24-30-20-12-17(25(33)35-3)19(27)13-23(20)32(24)9-10-34-2/h5-6,11-13H,4,7-10,14H2,1-3H3. The third-order valence-corrected chi connectivity index (χ3v) is 7.10. The summed E-state index contributed by atoms with van der Waals surface area (Å²) in [7, 11) is 2.92. The second kappa shape index (κ2) is 8.91. The van der Waals surface area contributed by atoms with Crippen LogP contribution in [-0.2, 0) is 35.4 Å². The van der Waals surface area contributed by atoms with E-state index in [1.54, 1.807) is 19.2 Å². The molecule has 0 bridgehead atoms. The molecule has 35 heavy (non-hydrogen) atoms. The minimum Gasteiger partial charge on any atom is -0.465 e. The molecule has 6 nitrogen and oxygen atoms in total. The van der Waals surface area contributed by atoms with E-state index in [1.165, 1.54) is 7.11 Å². The number of carbonyl (C=O) groups is 1. The predicted molar refractivity (Wildman–Crippen MR) is 132 cm³/mol. The fraction of sp³-hybridized carbons (Fsp3) is 0.385. The van der Waals surface area contributed by atoms with E-state index >= 15 is 0 Å². The number of aromatic nitrogens is 3. The number of aryl methyl sites for hydroxylation is 1. The lowest BCUT2D eigenvalue weighted by Crippen LogP contribution is -2.26. The van der Waals surface area contributed by atoms with Crippen molar-refractivity contribution >= 4 is 39.5 Å². The van der Waals surface area contributed by atoms with Gasteiger partial charge in [0.25, 0.3) is 5.92 Å². The maximum absolute atomic E-state index is 14.4. The molecule has 0 saturated carbocycles. The number of fused-ring (bicyclic) bond motifs is 4. The molecular weight excluding hydrogens is 476 g/mol. The normalized spacial score (nSPS) is 15.0. The zero-order chi connectivity index (χ0) is 24.9. The molecule has 184 valence electrons. The van der Waals surface area contributed by atoms with Gasteiger partial charge in [0, 0.05) is 55.2 Å². The molecular formula is C26H26ClF2N3O3. The van der Waals surface area contributed by atoms with E-state index in [2.05, 4.69) is 4.57 Å². The number of rotatable bonds is 6. The van der Waals surface area contributed by atoms with Gasteiger partial charge in [-0.2, -0.15) is 0 Å². The Hall–Kier alpha value is -2.97. The Morgan fingerprint density at radius 2 is 1.97 bits per heavy atom. The number of nitrogens with zero attached hydrogens (tertiary/aromatic N) is 3. The number of halogens is 3. The molecule has 0 N–H and O–H groups in total. The molecule has 0 atom stereocenters. The SMILES string of the molecule is CCn1c2c(c3cc(-c4nc5cc(C(=O)OC)c(Cl)cc5n4CCOC)ccc31)CC(F)(F)CC2. The molecule has 0 saturated heterocycles.